The molecule has 0 saturated carbocycles. The molecule has 126 valence electrons. The smallest absolute Gasteiger partial charge is 0.338 e. The fourth-order valence-corrected chi connectivity index (χ4v) is 2.40. The third-order valence-corrected chi connectivity index (χ3v) is 3.74. The number of nitrogens with zero attached hydrogens (tertiary/aromatic N) is 2. The number of hydrogen-bond donors (Lipinski definition) is 1. The second kappa shape index (κ2) is 8.70. The van der Waals surface area contributed by atoms with Crippen molar-refractivity contribution in [3.63, 3.8) is 0 Å². The van der Waals surface area contributed by atoms with Gasteiger partial charge in [0.2, 0.25) is 0 Å². The first-order valence-corrected chi connectivity index (χ1v) is 8.33. The van der Waals surface area contributed by atoms with Crippen LogP contribution in [0.15, 0.2) is 69.3 Å². The standard InChI is InChI=1S/C18H19BrN2O3/c1-18(23,21-20-13-14-6-5-9-16(19)12-14)10-11-24-17(22)15-7-3-2-4-8-15/h2-9,12,23H,10-11,13H2,1H3. The number of carbonyl (C=O) groups is 1. The Morgan fingerprint density at radius 2 is 1.96 bits per heavy atom. The first-order valence-electron chi connectivity index (χ1n) is 7.54. The van der Waals surface area contributed by atoms with Crippen LogP contribution < -0.4 is 0 Å². The summed E-state index contributed by atoms with van der Waals surface area (Å²) in [4.78, 5) is 11.8. The van der Waals surface area contributed by atoms with Gasteiger partial charge in [0, 0.05) is 10.9 Å². The molecule has 0 saturated heterocycles. The quantitative estimate of drug-likeness (QED) is 0.563. The Morgan fingerprint density at radius 3 is 2.67 bits per heavy atom. The van der Waals surface area contributed by atoms with Gasteiger partial charge in [-0.2, -0.15) is 10.2 Å². The van der Waals surface area contributed by atoms with E-state index >= 15 is 0 Å². The highest BCUT2D eigenvalue weighted by Gasteiger charge is 2.20. The Kier molecular flexibility index (Phi) is 6.63. The minimum atomic E-state index is -1.37. The minimum absolute atomic E-state index is 0.0661. The SMILES string of the molecule is CC(O)(CCOC(=O)c1ccccc1)N=NCc1cccc(Br)c1. The molecule has 1 unspecified atom stereocenters. The molecular weight excluding hydrogens is 372 g/mol. The van der Waals surface area contributed by atoms with Gasteiger partial charge in [0.05, 0.1) is 18.7 Å². The highest BCUT2D eigenvalue weighted by molar-refractivity contribution is 9.10. The van der Waals surface area contributed by atoms with E-state index < -0.39 is 11.7 Å². The molecule has 0 bridgehead atoms. The third kappa shape index (κ3) is 6.22. The Morgan fingerprint density at radius 1 is 1.21 bits per heavy atom. The van der Waals surface area contributed by atoms with Crippen LogP contribution in [0, 0.1) is 0 Å². The number of halogens is 1. The summed E-state index contributed by atoms with van der Waals surface area (Å²) in [7, 11) is 0. The average molecular weight is 391 g/mol. The number of ether oxygens (including phenoxy) is 1. The van der Waals surface area contributed by atoms with Crippen molar-refractivity contribution in [3.05, 3.63) is 70.2 Å². The average Bonchev–Trinajstić information content (AvgIpc) is 2.55. The first-order chi connectivity index (χ1) is 11.5. The molecule has 2 aromatic rings. The molecule has 6 heteroatoms. The number of hydrogen-bond acceptors (Lipinski definition) is 5. The normalized spacial score (nSPS) is 13.6. The van der Waals surface area contributed by atoms with Gasteiger partial charge in [-0.15, -0.1) is 0 Å². The van der Waals surface area contributed by atoms with Crippen LogP contribution >= 0.6 is 15.9 Å². The monoisotopic (exact) mass is 390 g/mol. The van der Waals surface area contributed by atoms with Crippen LogP contribution in [0.4, 0.5) is 0 Å². The van der Waals surface area contributed by atoms with Gasteiger partial charge in [-0.05, 0) is 36.8 Å². The zero-order valence-corrected chi connectivity index (χ0v) is 14.9. The van der Waals surface area contributed by atoms with Crippen molar-refractivity contribution < 1.29 is 14.6 Å². The van der Waals surface area contributed by atoms with Crippen LogP contribution in [-0.2, 0) is 11.3 Å². The number of benzene rings is 2. The summed E-state index contributed by atoms with van der Waals surface area (Å²) in [5, 5.41) is 18.1. The Labute approximate surface area is 149 Å². The van der Waals surface area contributed by atoms with E-state index in [9.17, 15) is 9.90 Å². The van der Waals surface area contributed by atoms with E-state index in [1.165, 1.54) is 6.92 Å². The second-order valence-corrected chi connectivity index (χ2v) is 6.41. The topological polar surface area (TPSA) is 71.2 Å². The van der Waals surface area contributed by atoms with Crippen molar-refractivity contribution in [2.45, 2.75) is 25.6 Å². The molecular formula is C18H19BrN2O3. The summed E-state index contributed by atoms with van der Waals surface area (Å²) in [5.74, 6) is -0.419. The molecule has 0 heterocycles. The molecule has 0 spiro atoms. The molecule has 24 heavy (non-hydrogen) atoms. The maximum atomic E-state index is 11.8. The largest absolute Gasteiger partial charge is 0.462 e. The van der Waals surface area contributed by atoms with Gasteiger partial charge < -0.3 is 9.84 Å². The van der Waals surface area contributed by atoms with E-state index in [-0.39, 0.29) is 13.0 Å². The van der Waals surface area contributed by atoms with E-state index in [4.69, 9.17) is 4.74 Å². The van der Waals surface area contributed by atoms with Crippen molar-refractivity contribution in [1.82, 2.24) is 0 Å². The maximum absolute atomic E-state index is 11.8. The van der Waals surface area contributed by atoms with Crippen molar-refractivity contribution >= 4 is 21.9 Å². The predicted molar refractivity (Wildman–Crippen MR) is 94.7 cm³/mol. The number of azo groups is 1. The third-order valence-electron chi connectivity index (χ3n) is 3.25. The van der Waals surface area contributed by atoms with Crippen LogP contribution in [0.3, 0.4) is 0 Å². The van der Waals surface area contributed by atoms with E-state index in [2.05, 4.69) is 26.2 Å². The van der Waals surface area contributed by atoms with Gasteiger partial charge in [0.25, 0.3) is 0 Å². The van der Waals surface area contributed by atoms with Crippen molar-refractivity contribution in [3.8, 4) is 0 Å². The van der Waals surface area contributed by atoms with Gasteiger partial charge in [-0.1, -0.05) is 46.3 Å². The molecule has 1 N–H and O–H groups in total. The van der Waals surface area contributed by atoms with Crippen molar-refractivity contribution in [2.24, 2.45) is 10.2 Å². The van der Waals surface area contributed by atoms with Gasteiger partial charge in [0.1, 0.15) is 0 Å². The van der Waals surface area contributed by atoms with Crippen LogP contribution in [0.2, 0.25) is 0 Å². The fourth-order valence-electron chi connectivity index (χ4n) is 1.95. The number of aliphatic hydroxyl groups is 1. The van der Waals surface area contributed by atoms with E-state index in [0.717, 1.165) is 10.0 Å². The number of rotatable bonds is 7. The highest BCUT2D eigenvalue weighted by Crippen LogP contribution is 2.15. The van der Waals surface area contributed by atoms with E-state index in [1.54, 1.807) is 24.3 Å². The zero-order valence-electron chi connectivity index (χ0n) is 13.4. The molecule has 2 aromatic carbocycles. The van der Waals surface area contributed by atoms with Crippen LogP contribution in [0.25, 0.3) is 0 Å². The Bertz CT molecular complexity index is 702. The van der Waals surface area contributed by atoms with Gasteiger partial charge in [-0.3, -0.25) is 0 Å². The van der Waals surface area contributed by atoms with Crippen LogP contribution in [0.5, 0.6) is 0 Å². The molecule has 0 amide bonds. The lowest BCUT2D eigenvalue weighted by Crippen LogP contribution is -2.23. The lowest BCUT2D eigenvalue weighted by molar-refractivity contribution is 0.0156. The molecule has 0 fully saturated rings. The summed E-state index contributed by atoms with van der Waals surface area (Å²) < 4.78 is 6.10. The predicted octanol–water partition coefficient (Wildman–Crippen LogP) is 4.36. The van der Waals surface area contributed by atoms with Crippen LogP contribution in [-0.4, -0.2) is 23.4 Å². The number of carbonyl (C=O) groups excluding carboxylic acids is 1. The van der Waals surface area contributed by atoms with Crippen molar-refractivity contribution in [1.29, 1.82) is 0 Å². The first kappa shape index (κ1) is 18.3. The summed E-state index contributed by atoms with van der Waals surface area (Å²) in [6.45, 7) is 1.98. The fraction of sp³-hybridized carbons (Fsp3) is 0.278. The summed E-state index contributed by atoms with van der Waals surface area (Å²) in [6.07, 6.45) is 0.174. The lowest BCUT2D eigenvalue weighted by atomic mass is 10.2. The zero-order chi connectivity index (χ0) is 17.4. The minimum Gasteiger partial charge on any atom is -0.462 e. The van der Waals surface area contributed by atoms with Crippen LogP contribution in [0.1, 0.15) is 29.3 Å². The Hall–Kier alpha value is -2.05. The molecule has 0 aliphatic rings. The molecule has 5 nitrogen and oxygen atoms in total. The summed E-state index contributed by atoms with van der Waals surface area (Å²) in [5.41, 5.74) is 0.0936. The highest BCUT2D eigenvalue weighted by atomic mass is 79.9. The molecule has 0 aliphatic heterocycles. The maximum Gasteiger partial charge on any atom is 0.338 e. The summed E-state index contributed by atoms with van der Waals surface area (Å²) >= 11 is 3.39. The van der Waals surface area contributed by atoms with E-state index in [1.807, 2.05) is 30.3 Å². The lowest BCUT2D eigenvalue weighted by Gasteiger charge is -2.16. The van der Waals surface area contributed by atoms with Gasteiger partial charge in [0.15, 0.2) is 5.72 Å². The van der Waals surface area contributed by atoms with Crippen molar-refractivity contribution in [2.75, 3.05) is 6.61 Å². The van der Waals surface area contributed by atoms with Gasteiger partial charge in [-0.25, -0.2) is 4.79 Å². The molecule has 2 rings (SSSR count). The summed E-state index contributed by atoms with van der Waals surface area (Å²) in [6, 6.07) is 16.4. The second-order valence-electron chi connectivity index (χ2n) is 5.50. The molecule has 0 radical (unpaired) electrons. The molecule has 0 aromatic heterocycles. The van der Waals surface area contributed by atoms with Gasteiger partial charge >= 0.3 is 5.97 Å². The molecule has 1 atom stereocenters. The Balaban J connectivity index is 1.78. The van der Waals surface area contributed by atoms with E-state index in [0.29, 0.717) is 12.1 Å². The number of esters is 1. The molecule has 0 aliphatic carbocycles.